The van der Waals surface area contributed by atoms with Crippen LogP contribution in [0, 0.1) is 6.92 Å². The van der Waals surface area contributed by atoms with Gasteiger partial charge in [0.1, 0.15) is 0 Å². The molecule has 0 saturated carbocycles. The molecule has 0 fully saturated rings. The van der Waals surface area contributed by atoms with Gasteiger partial charge in [0.15, 0.2) is 0 Å². The van der Waals surface area contributed by atoms with Gasteiger partial charge in [-0.1, -0.05) is 11.6 Å². The number of carbonyl (C=O) groups is 1. The summed E-state index contributed by atoms with van der Waals surface area (Å²) in [6, 6.07) is 0. The highest BCUT2D eigenvalue weighted by molar-refractivity contribution is 7.10. The lowest BCUT2D eigenvalue weighted by Crippen LogP contribution is -2.09. The van der Waals surface area contributed by atoms with E-state index in [2.05, 4.69) is 0 Å². The molecule has 54 valence electrons. The van der Waals surface area contributed by atoms with Crippen LogP contribution >= 0.6 is 22.9 Å². The van der Waals surface area contributed by atoms with Crippen LogP contribution in [0.4, 0.5) is 0 Å². The summed E-state index contributed by atoms with van der Waals surface area (Å²) in [4.78, 5) is 11.5. The summed E-state index contributed by atoms with van der Waals surface area (Å²) >= 11 is 7.14. The van der Waals surface area contributed by atoms with Gasteiger partial charge in [0.05, 0.1) is 10.6 Å². The minimum Gasteiger partial charge on any atom is -0.366 e. The minimum atomic E-state index is -0.464. The van der Waals surface area contributed by atoms with Crippen molar-refractivity contribution in [3.05, 3.63) is 20.8 Å². The minimum absolute atomic E-state index is 0.421. The number of rotatable bonds is 1. The normalized spacial score (nSPS) is 9.80. The van der Waals surface area contributed by atoms with E-state index in [4.69, 9.17) is 17.3 Å². The van der Waals surface area contributed by atoms with E-state index >= 15 is 0 Å². The second kappa shape index (κ2) is 2.60. The van der Waals surface area contributed by atoms with Crippen molar-refractivity contribution in [3.63, 3.8) is 0 Å². The van der Waals surface area contributed by atoms with E-state index in [1.54, 1.807) is 5.38 Å². The fraction of sp³-hybridized carbons (Fsp3) is 0.167. The Kier molecular flexibility index (Phi) is 1.97. The van der Waals surface area contributed by atoms with Crippen LogP contribution in [0.15, 0.2) is 5.38 Å². The second-order valence-electron chi connectivity index (χ2n) is 1.88. The number of carbonyl (C=O) groups excluding carboxylic acids is 1. The van der Waals surface area contributed by atoms with Crippen molar-refractivity contribution >= 4 is 28.8 Å². The van der Waals surface area contributed by atoms with Crippen LogP contribution in [0.2, 0.25) is 5.02 Å². The van der Waals surface area contributed by atoms with Crippen LogP contribution in [0.5, 0.6) is 0 Å². The van der Waals surface area contributed by atoms with E-state index in [1.165, 1.54) is 11.3 Å². The van der Waals surface area contributed by atoms with Crippen molar-refractivity contribution in [2.45, 2.75) is 6.92 Å². The van der Waals surface area contributed by atoms with Gasteiger partial charge in [-0.3, -0.25) is 4.79 Å². The van der Waals surface area contributed by atoms with Crippen LogP contribution in [0.3, 0.4) is 0 Å². The summed E-state index contributed by atoms with van der Waals surface area (Å²) in [6.45, 7) is 1.85. The highest BCUT2D eigenvalue weighted by Crippen LogP contribution is 2.25. The highest BCUT2D eigenvalue weighted by Gasteiger charge is 2.09. The first-order chi connectivity index (χ1) is 4.63. The van der Waals surface area contributed by atoms with E-state index < -0.39 is 5.91 Å². The number of hydrogen-bond donors (Lipinski definition) is 1. The van der Waals surface area contributed by atoms with E-state index in [9.17, 15) is 4.79 Å². The number of hydrogen-bond acceptors (Lipinski definition) is 2. The van der Waals surface area contributed by atoms with Gasteiger partial charge in [0, 0.05) is 10.3 Å². The van der Waals surface area contributed by atoms with E-state index in [-0.39, 0.29) is 0 Å². The molecule has 0 spiro atoms. The third kappa shape index (κ3) is 1.15. The molecule has 0 aliphatic heterocycles. The van der Waals surface area contributed by atoms with Crippen molar-refractivity contribution in [2.75, 3.05) is 0 Å². The summed E-state index contributed by atoms with van der Waals surface area (Å²) in [7, 11) is 0. The maximum absolute atomic E-state index is 10.6. The van der Waals surface area contributed by atoms with Crippen LogP contribution < -0.4 is 5.73 Å². The first kappa shape index (κ1) is 7.57. The summed E-state index contributed by atoms with van der Waals surface area (Å²) < 4.78 is 0. The Labute approximate surface area is 67.6 Å². The molecule has 1 heterocycles. The lowest BCUT2D eigenvalue weighted by atomic mass is 10.3. The van der Waals surface area contributed by atoms with E-state index in [0.717, 1.165) is 4.88 Å². The second-order valence-corrected chi connectivity index (χ2v) is 3.35. The molecule has 0 radical (unpaired) electrons. The fourth-order valence-corrected chi connectivity index (χ4v) is 1.69. The molecule has 1 aromatic heterocycles. The molecule has 0 bridgehead atoms. The molecule has 0 aliphatic rings. The van der Waals surface area contributed by atoms with Crippen LogP contribution in [0.25, 0.3) is 0 Å². The quantitative estimate of drug-likeness (QED) is 0.695. The zero-order valence-electron chi connectivity index (χ0n) is 5.35. The molecule has 0 aliphatic carbocycles. The van der Waals surface area contributed by atoms with Crippen LogP contribution in [0.1, 0.15) is 15.2 Å². The van der Waals surface area contributed by atoms with Gasteiger partial charge in [0.25, 0.3) is 5.91 Å². The lowest BCUT2D eigenvalue weighted by Gasteiger charge is -1.88. The summed E-state index contributed by atoms with van der Waals surface area (Å²) in [5, 5.41) is 2.15. The summed E-state index contributed by atoms with van der Waals surface area (Å²) in [6.07, 6.45) is 0. The maximum atomic E-state index is 10.6. The molecule has 4 heteroatoms. The SMILES string of the molecule is Cc1scc(C(N)=O)c1Cl. The molecular weight excluding hydrogens is 170 g/mol. The Morgan fingerprint density at radius 3 is 2.60 bits per heavy atom. The smallest absolute Gasteiger partial charge is 0.251 e. The van der Waals surface area contributed by atoms with Gasteiger partial charge in [0.2, 0.25) is 0 Å². The van der Waals surface area contributed by atoms with Crippen LogP contribution in [-0.4, -0.2) is 5.91 Å². The topological polar surface area (TPSA) is 43.1 Å². The van der Waals surface area contributed by atoms with Gasteiger partial charge in [-0.05, 0) is 6.92 Å². The predicted octanol–water partition coefficient (Wildman–Crippen LogP) is 1.81. The fourth-order valence-electron chi connectivity index (χ4n) is 0.607. The van der Waals surface area contributed by atoms with E-state index in [1.807, 2.05) is 6.92 Å². The number of thiophene rings is 1. The molecule has 2 nitrogen and oxygen atoms in total. The van der Waals surface area contributed by atoms with Crippen LogP contribution in [-0.2, 0) is 0 Å². The average molecular weight is 176 g/mol. The largest absolute Gasteiger partial charge is 0.366 e. The summed E-state index contributed by atoms with van der Waals surface area (Å²) in [5.74, 6) is -0.464. The Balaban J connectivity index is 3.17. The van der Waals surface area contributed by atoms with Gasteiger partial charge < -0.3 is 5.73 Å². The molecule has 0 aromatic carbocycles. The van der Waals surface area contributed by atoms with Crippen molar-refractivity contribution in [1.29, 1.82) is 0 Å². The summed E-state index contributed by atoms with van der Waals surface area (Å²) in [5.41, 5.74) is 5.43. The molecule has 10 heavy (non-hydrogen) atoms. The van der Waals surface area contributed by atoms with Gasteiger partial charge >= 0.3 is 0 Å². The number of aryl methyl sites for hydroxylation is 1. The van der Waals surface area contributed by atoms with Crippen molar-refractivity contribution in [3.8, 4) is 0 Å². The van der Waals surface area contributed by atoms with Gasteiger partial charge in [-0.2, -0.15) is 0 Å². The van der Waals surface area contributed by atoms with E-state index in [0.29, 0.717) is 10.6 Å². The molecular formula is C6H6ClNOS. The Morgan fingerprint density at radius 2 is 2.40 bits per heavy atom. The maximum Gasteiger partial charge on any atom is 0.251 e. The Hall–Kier alpha value is -0.540. The highest BCUT2D eigenvalue weighted by atomic mass is 35.5. The number of nitrogens with two attached hydrogens (primary N) is 1. The molecule has 0 atom stereocenters. The molecule has 1 aromatic rings. The first-order valence-electron chi connectivity index (χ1n) is 2.66. The van der Waals surface area contributed by atoms with Crippen molar-refractivity contribution in [2.24, 2.45) is 5.73 Å². The first-order valence-corrected chi connectivity index (χ1v) is 3.92. The number of amides is 1. The Morgan fingerprint density at radius 1 is 1.80 bits per heavy atom. The molecule has 0 saturated heterocycles. The number of halogens is 1. The standard InChI is InChI=1S/C6H6ClNOS/c1-3-5(7)4(2-10-3)6(8)9/h2H,1H3,(H2,8,9). The molecule has 1 rings (SSSR count). The third-order valence-corrected chi connectivity index (χ3v) is 2.67. The van der Waals surface area contributed by atoms with Gasteiger partial charge in [-0.25, -0.2) is 0 Å². The van der Waals surface area contributed by atoms with Crippen molar-refractivity contribution < 1.29 is 4.79 Å². The predicted molar refractivity (Wildman–Crippen MR) is 42.6 cm³/mol. The zero-order chi connectivity index (χ0) is 7.72. The molecule has 2 N–H and O–H groups in total. The average Bonchev–Trinajstić information content (AvgIpc) is 2.14. The monoisotopic (exact) mass is 175 g/mol. The third-order valence-electron chi connectivity index (χ3n) is 1.16. The zero-order valence-corrected chi connectivity index (χ0v) is 6.92. The lowest BCUT2D eigenvalue weighted by molar-refractivity contribution is 0.100. The number of primary amides is 1. The van der Waals surface area contributed by atoms with Crippen molar-refractivity contribution in [1.82, 2.24) is 0 Å². The molecule has 1 amide bonds. The van der Waals surface area contributed by atoms with Gasteiger partial charge in [-0.15, -0.1) is 11.3 Å². The Bertz CT molecular complexity index is 269. The molecule has 0 unspecified atom stereocenters.